The monoisotopic (exact) mass is 414 g/mol. The minimum atomic E-state index is -0.758. The number of carboxylic acids is 1. The summed E-state index contributed by atoms with van der Waals surface area (Å²) in [5, 5.41) is 18.8. The van der Waals surface area contributed by atoms with Crippen molar-refractivity contribution in [3.8, 4) is 22.5 Å². The topological polar surface area (TPSA) is 89.5 Å². The SMILES string of the molecule is O=c1ccc(-c2c(-c3ccccc3)nn3ccccc23)nn1[C@H]1CC[C@H](C(=O)O)CC1. The van der Waals surface area contributed by atoms with Gasteiger partial charge in [0.2, 0.25) is 0 Å². The summed E-state index contributed by atoms with van der Waals surface area (Å²) in [6, 6.07) is 19.0. The summed E-state index contributed by atoms with van der Waals surface area (Å²) in [6.07, 6.45) is 4.28. The molecule has 7 nitrogen and oxygen atoms in total. The van der Waals surface area contributed by atoms with Crippen LogP contribution in [0.15, 0.2) is 71.7 Å². The van der Waals surface area contributed by atoms with E-state index < -0.39 is 5.97 Å². The fourth-order valence-electron chi connectivity index (χ4n) is 4.44. The van der Waals surface area contributed by atoms with Gasteiger partial charge in [-0.15, -0.1) is 0 Å². The van der Waals surface area contributed by atoms with E-state index in [0.29, 0.717) is 31.4 Å². The van der Waals surface area contributed by atoms with Gasteiger partial charge in [-0.05, 0) is 43.9 Å². The number of nitrogens with zero attached hydrogens (tertiary/aromatic N) is 4. The van der Waals surface area contributed by atoms with Gasteiger partial charge >= 0.3 is 5.97 Å². The highest BCUT2D eigenvalue weighted by molar-refractivity contribution is 5.90. The minimum absolute atomic E-state index is 0.0925. The molecule has 31 heavy (non-hydrogen) atoms. The van der Waals surface area contributed by atoms with Crippen LogP contribution in [0.3, 0.4) is 0 Å². The molecule has 0 unspecified atom stereocenters. The Balaban J connectivity index is 1.61. The zero-order valence-corrected chi connectivity index (χ0v) is 16.9. The largest absolute Gasteiger partial charge is 0.481 e. The summed E-state index contributed by atoms with van der Waals surface area (Å²) < 4.78 is 3.36. The van der Waals surface area contributed by atoms with Gasteiger partial charge in [0, 0.05) is 17.8 Å². The number of aliphatic carboxylic acids is 1. The first-order valence-corrected chi connectivity index (χ1v) is 10.5. The highest BCUT2D eigenvalue weighted by Crippen LogP contribution is 2.35. The van der Waals surface area contributed by atoms with Crippen LogP contribution in [-0.2, 0) is 4.79 Å². The normalized spacial score (nSPS) is 18.8. The summed E-state index contributed by atoms with van der Waals surface area (Å²) in [7, 11) is 0. The molecule has 1 N–H and O–H groups in total. The first-order valence-electron chi connectivity index (χ1n) is 10.5. The second-order valence-corrected chi connectivity index (χ2v) is 7.97. The molecule has 1 aromatic carbocycles. The second kappa shape index (κ2) is 7.83. The molecule has 0 saturated heterocycles. The van der Waals surface area contributed by atoms with Crippen molar-refractivity contribution in [2.24, 2.45) is 5.92 Å². The molecule has 0 aliphatic heterocycles. The molecule has 156 valence electrons. The van der Waals surface area contributed by atoms with Crippen LogP contribution < -0.4 is 5.56 Å². The van der Waals surface area contributed by atoms with Gasteiger partial charge in [-0.2, -0.15) is 10.2 Å². The van der Waals surface area contributed by atoms with Crippen molar-refractivity contribution in [2.45, 2.75) is 31.7 Å². The van der Waals surface area contributed by atoms with Crippen LogP contribution in [0.2, 0.25) is 0 Å². The molecule has 0 atom stereocenters. The third kappa shape index (κ3) is 3.52. The predicted molar refractivity (Wildman–Crippen MR) is 117 cm³/mol. The molecule has 7 heteroatoms. The summed E-state index contributed by atoms with van der Waals surface area (Å²) in [5.74, 6) is -1.09. The third-order valence-corrected chi connectivity index (χ3v) is 6.06. The van der Waals surface area contributed by atoms with Gasteiger partial charge < -0.3 is 5.11 Å². The molecular formula is C24H22N4O3. The number of aromatic nitrogens is 4. The lowest BCUT2D eigenvalue weighted by Crippen LogP contribution is -2.31. The van der Waals surface area contributed by atoms with Gasteiger partial charge in [0.05, 0.1) is 28.7 Å². The van der Waals surface area contributed by atoms with Crippen molar-refractivity contribution in [2.75, 3.05) is 0 Å². The zero-order valence-electron chi connectivity index (χ0n) is 16.9. The van der Waals surface area contributed by atoms with E-state index in [1.807, 2.05) is 59.2 Å². The van der Waals surface area contributed by atoms with Gasteiger partial charge in [0.15, 0.2) is 0 Å². The minimum Gasteiger partial charge on any atom is -0.481 e. The number of hydrogen-bond acceptors (Lipinski definition) is 4. The Morgan fingerprint density at radius 3 is 2.39 bits per heavy atom. The van der Waals surface area contributed by atoms with E-state index in [1.54, 1.807) is 12.1 Å². The molecule has 0 amide bonds. The molecule has 1 fully saturated rings. The predicted octanol–water partition coefficient (Wildman–Crippen LogP) is 4.04. The Morgan fingerprint density at radius 2 is 1.65 bits per heavy atom. The van der Waals surface area contributed by atoms with Crippen molar-refractivity contribution in [3.05, 3.63) is 77.2 Å². The molecule has 3 heterocycles. The molecule has 1 saturated carbocycles. The van der Waals surface area contributed by atoms with Crippen LogP contribution in [0.5, 0.6) is 0 Å². The smallest absolute Gasteiger partial charge is 0.306 e. The third-order valence-electron chi connectivity index (χ3n) is 6.06. The van der Waals surface area contributed by atoms with Crippen LogP contribution in [0.1, 0.15) is 31.7 Å². The van der Waals surface area contributed by atoms with E-state index in [-0.39, 0.29) is 17.5 Å². The van der Waals surface area contributed by atoms with Crippen molar-refractivity contribution < 1.29 is 9.90 Å². The Kier molecular flexibility index (Phi) is 4.86. The highest BCUT2D eigenvalue weighted by atomic mass is 16.4. The molecule has 5 rings (SSSR count). The van der Waals surface area contributed by atoms with Crippen LogP contribution >= 0.6 is 0 Å². The maximum atomic E-state index is 12.6. The summed E-state index contributed by atoms with van der Waals surface area (Å²) in [4.78, 5) is 23.9. The molecule has 1 aliphatic rings. The zero-order chi connectivity index (χ0) is 21.4. The van der Waals surface area contributed by atoms with E-state index in [2.05, 4.69) is 0 Å². The Labute approximate surface area is 178 Å². The molecule has 3 aromatic heterocycles. The Hall–Kier alpha value is -3.74. The van der Waals surface area contributed by atoms with E-state index in [4.69, 9.17) is 10.2 Å². The quantitative estimate of drug-likeness (QED) is 0.544. The van der Waals surface area contributed by atoms with Crippen molar-refractivity contribution in [1.29, 1.82) is 0 Å². The molecular weight excluding hydrogens is 392 g/mol. The number of carboxylic acid groups (broad SMARTS) is 1. The average molecular weight is 414 g/mol. The lowest BCUT2D eigenvalue weighted by atomic mass is 9.86. The van der Waals surface area contributed by atoms with Crippen LogP contribution in [0, 0.1) is 5.92 Å². The molecule has 0 bridgehead atoms. The van der Waals surface area contributed by atoms with Crippen molar-refractivity contribution in [3.63, 3.8) is 0 Å². The Morgan fingerprint density at radius 1 is 0.903 bits per heavy atom. The van der Waals surface area contributed by atoms with Crippen LogP contribution in [0.4, 0.5) is 0 Å². The summed E-state index contributed by atoms with van der Waals surface area (Å²) in [5.41, 5.74) is 4.08. The average Bonchev–Trinajstić information content (AvgIpc) is 3.20. The second-order valence-electron chi connectivity index (χ2n) is 7.97. The number of rotatable bonds is 4. The first-order chi connectivity index (χ1) is 15.1. The van der Waals surface area contributed by atoms with E-state index in [1.165, 1.54) is 4.68 Å². The highest BCUT2D eigenvalue weighted by Gasteiger charge is 2.28. The van der Waals surface area contributed by atoms with E-state index in [9.17, 15) is 14.7 Å². The molecule has 0 radical (unpaired) electrons. The van der Waals surface area contributed by atoms with E-state index in [0.717, 1.165) is 22.3 Å². The number of carbonyl (C=O) groups is 1. The van der Waals surface area contributed by atoms with Crippen LogP contribution in [0.25, 0.3) is 28.0 Å². The maximum Gasteiger partial charge on any atom is 0.306 e. The first kappa shape index (κ1) is 19.2. The number of hydrogen-bond donors (Lipinski definition) is 1. The summed E-state index contributed by atoms with van der Waals surface area (Å²) >= 11 is 0. The Bertz CT molecular complexity index is 1300. The van der Waals surface area contributed by atoms with Crippen molar-refractivity contribution >= 4 is 11.5 Å². The van der Waals surface area contributed by atoms with Gasteiger partial charge in [0.25, 0.3) is 5.56 Å². The van der Waals surface area contributed by atoms with Crippen LogP contribution in [-0.4, -0.2) is 30.5 Å². The number of benzene rings is 1. The van der Waals surface area contributed by atoms with E-state index >= 15 is 0 Å². The van der Waals surface area contributed by atoms with Gasteiger partial charge in [-0.3, -0.25) is 9.59 Å². The summed E-state index contributed by atoms with van der Waals surface area (Å²) in [6.45, 7) is 0. The van der Waals surface area contributed by atoms with Gasteiger partial charge in [-0.1, -0.05) is 36.4 Å². The molecule has 1 aliphatic carbocycles. The molecule has 0 spiro atoms. The maximum absolute atomic E-state index is 12.6. The molecule has 4 aromatic rings. The number of pyridine rings is 1. The van der Waals surface area contributed by atoms with Crippen molar-refractivity contribution in [1.82, 2.24) is 19.4 Å². The van der Waals surface area contributed by atoms with Gasteiger partial charge in [0.1, 0.15) is 5.69 Å². The number of fused-ring (bicyclic) bond motifs is 1. The lowest BCUT2D eigenvalue weighted by Gasteiger charge is -2.26. The fraction of sp³-hybridized carbons (Fsp3) is 0.250. The lowest BCUT2D eigenvalue weighted by molar-refractivity contribution is -0.143. The standard InChI is InChI=1S/C24H22N4O3/c29-21-14-13-19(25-28(21)18-11-9-17(10-12-18)24(30)31)22-20-8-4-5-15-27(20)26-23(22)16-6-2-1-3-7-16/h1-8,13-15,17-18H,9-12H2,(H,30,31)/t17-,18-. The van der Waals surface area contributed by atoms with Gasteiger partial charge in [-0.25, -0.2) is 9.20 Å². The fourth-order valence-corrected chi connectivity index (χ4v) is 4.44.